The van der Waals surface area contributed by atoms with Gasteiger partial charge in [-0.3, -0.25) is 0 Å². The van der Waals surface area contributed by atoms with Crippen molar-refractivity contribution in [1.82, 2.24) is 4.98 Å². The molecule has 0 aliphatic rings. The van der Waals surface area contributed by atoms with Crippen molar-refractivity contribution in [2.24, 2.45) is 0 Å². The van der Waals surface area contributed by atoms with Gasteiger partial charge in [-0.05, 0) is 48.5 Å². The van der Waals surface area contributed by atoms with Gasteiger partial charge in [-0.2, -0.15) is 0 Å². The van der Waals surface area contributed by atoms with E-state index in [2.05, 4.69) is 20.9 Å². The van der Waals surface area contributed by atoms with E-state index in [9.17, 15) is 9.90 Å². The molecule has 0 aliphatic carbocycles. The van der Waals surface area contributed by atoms with Gasteiger partial charge in [-0.25, -0.2) is 9.78 Å². The van der Waals surface area contributed by atoms with E-state index in [1.807, 2.05) is 30.3 Å². The summed E-state index contributed by atoms with van der Waals surface area (Å²) in [6, 6.07) is 14.2. The van der Waals surface area contributed by atoms with E-state index < -0.39 is 5.97 Å². The van der Waals surface area contributed by atoms with E-state index >= 15 is 0 Å². The second-order valence-corrected chi connectivity index (χ2v) is 6.45. The molecule has 6 heteroatoms. The predicted octanol–water partition coefficient (Wildman–Crippen LogP) is 5.12. The molecule has 1 N–H and O–H groups in total. The average molecular weight is 398 g/mol. The van der Waals surface area contributed by atoms with E-state index in [1.165, 1.54) is 6.07 Å². The van der Waals surface area contributed by atoms with Gasteiger partial charge in [0.05, 0.1) is 18.2 Å². The van der Waals surface area contributed by atoms with Crippen molar-refractivity contribution in [1.29, 1.82) is 0 Å². The summed E-state index contributed by atoms with van der Waals surface area (Å²) in [5, 5.41) is 11.0. The minimum atomic E-state index is -1.01. The number of rotatable bonds is 3. The summed E-state index contributed by atoms with van der Waals surface area (Å²) in [5.41, 5.74) is 1.93. The highest BCUT2D eigenvalue weighted by atomic mass is 79.9. The van der Waals surface area contributed by atoms with Gasteiger partial charge in [0, 0.05) is 15.2 Å². The lowest BCUT2D eigenvalue weighted by molar-refractivity contribution is 0.0699. The number of carboxylic acid groups (broad SMARTS) is 1. The number of benzene rings is 2. The van der Waals surface area contributed by atoms with Crippen molar-refractivity contribution < 1.29 is 19.1 Å². The van der Waals surface area contributed by atoms with Crippen LogP contribution in [0, 0.1) is 0 Å². The summed E-state index contributed by atoms with van der Waals surface area (Å²) in [6.07, 6.45) is 0. The number of carboxylic acids is 1. The molecule has 4 rings (SSSR count). The zero-order valence-electron chi connectivity index (χ0n) is 13.1. The maximum absolute atomic E-state index is 11.7. The Labute approximate surface area is 151 Å². The fourth-order valence-corrected chi connectivity index (χ4v) is 3.14. The number of carbonyl (C=O) groups is 1. The Balaban J connectivity index is 1.94. The Morgan fingerprint density at radius 2 is 2.00 bits per heavy atom. The number of furan rings is 1. The third kappa shape index (κ3) is 2.74. The van der Waals surface area contributed by atoms with E-state index in [0.717, 1.165) is 15.6 Å². The quantitative estimate of drug-likeness (QED) is 0.519. The highest BCUT2D eigenvalue weighted by molar-refractivity contribution is 9.10. The number of halogens is 1. The van der Waals surface area contributed by atoms with Gasteiger partial charge >= 0.3 is 5.97 Å². The summed E-state index contributed by atoms with van der Waals surface area (Å²) < 4.78 is 11.9. The smallest absolute Gasteiger partial charge is 0.336 e. The van der Waals surface area contributed by atoms with Crippen LogP contribution in [0.15, 0.2) is 57.4 Å². The van der Waals surface area contributed by atoms with Crippen LogP contribution in [-0.4, -0.2) is 23.2 Å². The van der Waals surface area contributed by atoms with E-state index in [-0.39, 0.29) is 5.56 Å². The first-order chi connectivity index (χ1) is 12.0. The van der Waals surface area contributed by atoms with Gasteiger partial charge in [0.2, 0.25) is 0 Å². The fraction of sp³-hybridized carbons (Fsp3) is 0.0526. The number of aromatic carboxylic acids is 1. The molecule has 2 aromatic carbocycles. The maximum Gasteiger partial charge on any atom is 0.336 e. The number of hydrogen-bond acceptors (Lipinski definition) is 4. The molecule has 0 fully saturated rings. The normalized spacial score (nSPS) is 11.1. The van der Waals surface area contributed by atoms with Crippen molar-refractivity contribution in [3.05, 3.63) is 58.6 Å². The van der Waals surface area contributed by atoms with Gasteiger partial charge in [-0.1, -0.05) is 15.9 Å². The Hall–Kier alpha value is -2.86. The number of aromatic nitrogens is 1. The van der Waals surface area contributed by atoms with E-state index in [1.54, 1.807) is 19.2 Å². The first-order valence-electron chi connectivity index (χ1n) is 7.47. The lowest BCUT2D eigenvalue weighted by Crippen LogP contribution is -2.00. The topological polar surface area (TPSA) is 72.6 Å². The van der Waals surface area contributed by atoms with E-state index in [4.69, 9.17) is 9.15 Å². The molecular formula is C19H12BrNO4. The van der Waals surface area contributed by atoms with Crippen LogP contribution in [-0.2, 0) is 0 Å². The van der Waals surface area contributed by atoms with Gasteiger partial charge in [0.1, 0.15) is 17.0 Å². The average Bonchev–Trinajstić information content (AvgIpc) is 3.03. The lowest BCUT2D eigenvalue weighted by Gasteiger charge is -2.05. The van der Waals surface area contributed by atoms with Crippen LogP contribution in [0.5, 0.6) is 5.75 Å². The summed E-state index contributed by atoms with van der Waals surface area (Å²) in [7, 11) is 1.60. The molecule has 0 radical (unpaired) electrons. The third-order valence-electron chi connectivity index (χ3n) is 3.98. The molecule has 0 bridgehead atoms. The molecule has 0 saturated carbocycles. The van der Waals surface area contributed by atoms with Gasteiger partial charge < -0.3 is 14.3 Å². The third-order valence-corrected chi connectivity index (χ3v) is 4.47. The van der Waals surface area contributed by atoms with E-state index in [0.29, 0.717) is 27.9 Å². The maximum atomic E-state index is 11.7. The molecule has 0 aliphatic heterocycles. The minimum Gasteiger partial charge on any atom is -0.497 e. The predicted molar refractivity (Wildman–Crippen MR) is 98.2 cm³/mol. The monoisotopic (exact) mass is 397 g/mol. The number of fused-ring (bicyclic) bond motifs is 2. The fourth-order valence-electron chi connectivity index (χ4n) is 2.78. The summed E-state index contributed by atoms with van der Waals surface area (Å²) in [5.74, 6) is 0.225. The number of ether oxygens (including phenoxy) is 1. The standard InChI is InChI=1S/C19H12BrNO4/c1-24-12-3-5-17-10(6-12)7-18(25-17)16-9-14(19(22)23)13-8-11(20)2-4-15(13)21-16/h2-9H,1H3,(H,22,23). The van der Waals surface area contributed by atoms with Gasteiger partial charge in [-0.15, -0.1) is 0 Å². The number of nitrogens with zero attached hydrogens (tertiary/aromatic N) is 1. The van der Waals surface area contributed by atoms with Crippen LogP contribution >= 0.6 is 15.9 Å². The molecule has 2 heterocycles. The van der Waals surface area contributed by atoms with Crippen LogP contribution in [0.3, 0.4) is 0 Å². The molecular weight excluding hydrogens is 386 g/mol. The lowest BCUT2D eigenvalue weighted by atomic mass is 10.1. The van der Waals surface area contributed by atoms with Crippen molar-refractivity contribution in [3.63, 3.8) is 0 Å². The Kier molecular flexibility index (Phi) is 3.69. The van der Waals surface area contributed by atoms with Gasteiger partial charge in [0.15, 0.2) is 5.76 Å². The van der Waals surface area contributed by atoms with Crippen molar-refractivity contribution in [2.45, 2.75) is 0 Å². The Bertz CT molecular complexity index is 1130. The molecule has 0 saturated heterocycles. The number of pyridine rings is 1. The second kappa shape index (κ2) is 5.89. The molecule has 5 nitrogen and oxygen atoms in total. The molecule has 0 amide bonds. The summed E-state index contributed by atoms with van der Waals surface area (Å²) >= 11 is 3.36. The Morgan fingerprint density at radius 1 is 1.16 bits per heavy atom. The summed E-state index contributed by atoms with van der Waals surface area (Å²) in [4.78, 5) is 16.2. The molecule has 2 aromatic heterocycles. The van der Waals surface area contributed by atoms with Crippen LogP contribution in [0.4, 0.5) is 0 Å². The first-order valence-corrected chi connectivity index (χ1v) is 8.26. The zero-order valence-corrected chi connectivity index (χ0v) is 14.7. The van der Waals surface area contributed by atoms with Crippen LogP contribution in [0.2, 0.25) is 0 Å². The largest absolute Gasteiger partial charge is 0.497 e. The highest BCUT2D eigenvalue weighted by Crippen LogP contribution is 2.32. The first kappa shape index (κ1) is 15.7. The molecule has 0 atom stereocenters. The minimum absolute atomic E-state index is 0.180. The molecule has 25 heavy (non-hydrogen) atoms. The number of methoxy groups -OCH3 is 1. The Morgan fingerprint density at radius 3 is 2.76 bits per heavy atom. The van der Waals surface area contributed by atoms with Crippen LogP contribution in [0.1, 0.15) is 10.4 Å². The second-order valence-electron chi connectivity index (χ2n) is 5.54. The SMILES string of the molecule is COc1ccc2oc(-c3cc(C(=O)O)c4cc(Br)ccc4n3)cc2c1. The zero-order chi connectivity index (χ0) is 17.6. The van der Waals surface area contributed by atoms with Crippen LogP contribution in [0.25, 0.3) is 33.3 Å². The molecule has 124 valence electrons. The van der Waals surface area contributed by atoms with Gasteiger partial charge in [0.25, 0.3) is 0 Å². The van der Waals surface area contributed by atoms with Crippen molar-refractivity contribution >= 4 is 43.8 Å². The summed E-state index contributed by atoms with van der Waals surface area (Å²) in [6.45, 7) is 0. The van der Waals surface area contributed by atoms with Crippen LogP contribution < -0.4 is 4.74 Å². The molecule has 4 aromatic rings. The highest BCUT2D eigenvalue weighted by Gasteiger charge is 2.16. The number of hydrogen-bond donors (Lipinski definition) is 1. The van der Waals surface area contributed by atoms with Crippen molar-refractivity contribution in [2.75, 3.05) is 7.11 Å². The van der Waals surface area contributed by atoms with Crippen molar-refractivity contribution in [3.8, 4) is 17.2 Å². The molecule has 0 spiro atoms. The molecule has 0 unspecified atom stereocenters.